The van der Waals surface area contributed by atoms with Gasteiger partial charge in [0.2, 0.25) is 0 Å². The maximum absolute atomic E-state index is 4.27. The Morgan fingerprint density at radius 2 is 2.14 bits per heavy atom. The second kappa shape index (κ2) is 5.20. The zero-order valence-electron chi connectivity index (χ0n) is 9.16. The molecule has 0 aliphatic heterocycles. The normalized spacial score (nSPS) is 10.6. The largest absolute Gasteiger partial charge is 0.370 e. The third kappa shape index (κ3) is 2.38. The molecule has 0 amide bonds. The molecule has 0 fully saturated rings. The first-order chi connectivity index (χ1) is 6.70. The molecule has 0 saturated carbocycles. The van der Waals surface area contributed by atoms with Crippen LogP contribution in [0, 0.1) is 0 Å². The fraction of sp³-hybridized carbons (Fsp3) is 0.600. The van der Waals surface area contributed by atoms with E-state index in [1.807, 2.05) is 6.26 Å². The minimum Gasteiger partial charge on any atom is -0.370 e. The Hall–Kier alpha value is -0.770. The van der Waals surface area contributed by atoms with Gasteiger partial charge in [-0.1, -0.05) is 13.8 Å². The first-order valence-electron chi connectivity index (χ1n) is 4.83. The first kappa shape index (κ1) is 11.3. The number of thioether (sulfide) groups is 1. The van der Waals surface area contributed by atoms with E-state index < -0.39 is 0 Å². The van der Waals surface area contributed by atoms with Crippen molar-refractivity contribution in [3.05, 3.63) is 11.9 Å². The Kier molecular flexibility index (Phi) is 4.20. The zero-order valence-corrected chi connectivity index (χ0v) is 9.98. The number of hydrogen-bond donors (Lipinski definition) is 1. The van der Waals surface area contributed by atoms with Crippen molar-refractivity contribution in [2.24, 2.45) is 0 Å². The summed E-state index contributed by atoms with van der Waals surface area (Å²) in [6.07, 6.45) is 3.67. The van der Waals surface area contributed by atoms with Crippen molar-refractivity contribution < 1.29 is 0 Å². The molecular weight excluding hydrogens is 194 g/mol. The van der Waals surface area contributed by atoms with Crippen LogP contribution in [0.1, 0.15) is 32.3 Å². The number of aromatic nitrogens is 2. The Bertz CT molecular complexity index is 299. The van der Waals surface area contributed by atoms with Gasteiger partial charge in [-0.2, -0.15) is 0 Å². The third-order valence-electron chi connectivity index (χ3n) is 1.96. The minimum atomic E-state index is 0.452. The summed E-state index contributed by atoms with van der Waals surface area (Å²) < 4.78 is 0. The predicted octanol–water partition coefficient (Wildman–Crippen LogP) is 2.75. The van der Waals surface area contributed by atoms with E-state index >= 15 is 0 Å². The average Bonchev–Trinajstić information content (AvgIpc) is 2.17. The lowest BCUT2D eigenvalue weighted by Crippen LogP contribution is -2.07. The smallest absolute Gasteiger partial charge is 0.133 e. The summed E-state index contributed by atoms with van der Waals surface area (Å²) in [5.74, 6) is 1.43. The van der Waals surface area contributed by atoms with E-state index in [0.29, 0.717) is 5.92 Å². The van der Waals surface area contributed by atoms with Crippen molar-refractivity contribution in [2.45, 2.75) is 31.7 Å². The van der Waals surface area contributed by atoms with Crippen LogP contribution < -0.4 is 5.32 Å². The van der Waals surface area contributed by atoms with Gasteiger partial charge in [-0.05, 0) is 19.1 Å². The molecule has 0 unspecified atom stereocenters. The topological polar surface area (TPSA) is 37.8 Å². The molecule has 1 heterocycles. The van der Waals surface area contributed by atoms with Gasteiger partial charge in [0.05, 0.1) is 0 Å². The third-order valence-corrected chi connectivity index (χ3v) is 2.67. The van der Waals surface area contributed by atoms with Crippen molar-refractivity contribution in [1.82, 2.24) is 9.97 Å². The maximum atomic E-state index is 4.27. The van der Waals surface area contributed by atoms with Gasteiger partial charge >= 0.3 is 0 Å². The average molecular weight is 211 g/mol. The van der Waals surface area contributed by atoms with Crippen LogP contribution in [-0.2, 0) is 0 Å². The fourth-order valence-corrected chi connectivity index (χ4v) is 2.08. The molecule has 0 aromatic carbocycles. The summed E-state index contributed by atoms with van der Waals surface area (Å²) in [5.41, 5.74) is 1.22. The number of anilines is 1. The monoisotopic (exact) mass is 211 g/mol. The highest BCUT2D eigenvalue weighted by Gasteiger charge is 2.13. The van der Waals surface area contributed by atoms with Crippen LogP contribution in [0.15, 0.2) is 11.4 Å². The lowest BCUT2D eigenvalue weighted by Gasteiger charge is -2.14. The molecule has 0 spiro atoms. The molecule has 1 aromatic rings. The molecule has 3 nitrogen and oxygen atoms in total. The van der Waals surface area contributed by atoms with Crippen molar-refractivity contribution in [1.29, 1.82) is 0 Å². The van der Waals surface area contributed by atoms with Crippen molar-refractivity contribution >= 4 is 17.6 Å². The van der Waals surface area contributed by atoms with Crippen LogP contribution in [-0.4, -0.2) is 22.8 Å². The molecule has 14 heavy (non-hydrogen) atoms. The number of nitrogens with one attached hydrogen (secondary N) is 1. The van der Waals surface area contributed by atoms with Gasteiger partial charge in [0, 0.05) is 12.1 Å². The van der Waals surface area contributed by atoms with Crippen LogP contribution in [0.5, 0.6) is 0 Å². The molecule has 0 bridgehead atoms. The number of rotatable bonds is 4. The molecule has 1 aromatic heterocycles. The molecule has 4 heteroatoms. The summed E-state index contributed by atoms with van der Waals surface area (Å²) >= 11 is 1.67. The number of hydrogen-bond acceptors (Lipinski definition) is 4. The summed E-state index contributed by atoms with van der Waals surface area (Å²) in [7, 11) is 0. The Morgan fingerprint density at radius 1 is 1.43 bits per heavy atom. The van der Waals surface area contributed by atoms with E-state index in [1.165, 1.54) is 5.56 Å². The lowest BCUT2D eigenvalue weighted by atomic mass is 10.1. The molecule has 1 N–H and O–H groups in total. The summed E-state index contributed by atoms with van der Waals surface area (Å²) in [5, 5.41) is 4.34. The second-order valence-electron chi connectivity index (χ2n) is 3.33. The van der Waals surface area contributed by atoms with E-state index in [0.717, 1.165) is 17.4 Å². The molecule has 0 aliphatic rings. The molecule has 0 atom stereocenters. The van der Waals surface area contributed by atoms with Crippen LogP contribution >= 0.6 is 11.8 Å². The SMILES string of the molecule is CCNc1ncnc(SC)c1C(C)C. The van der Waals surface area contributed by atoms with Gasteiger partial charge in [-0.25, -0.2) is 9.97 Å². The molecule has 1 rings (SSSR count). The predicted molar refractivity (Wildman–Crippen MR) is 62.1 cm³/mol. The van der Waals surface area contributed by atoms with Gasteiger partial charge in [-0.3, -0.25) is 0 Å². The molecular formula is C10H17N3S. The summed E-state index contributed by atoms with van der Waals surface area (Å²) in [6, 6.07) is 0. The lowest BCUT2D eigenvalue weighted by molar-refractivity contribution is 0.804. The molecule has 0 saturated heterocycles. The zero-order chi connectivity index (χ0) is 10.6. The standard InChI is InChI=1S/C10H17N3S/c1-5-11-9-8(7(2)3)10(14-4)13-6-12-9/h6-7H,5H2,1-4H3,(H,11,12,13). The maximum Gasteiger partial charge on any atom is 0.133 e. The second-order valence-corrected chi connectivity index (χ2v) is 4.13. The van der Waals surface area contributed by atoms with Crippen LogP contribution in [0.4, 0.5) is 5.82 Å². The van der Waals surface area contributed by atoms with Gasteiger partial charge in [-0.15, -0.1) is 11.8 Å². The van der Waals surface area contributed by atoms with Gasteiger partial charge in [0.15, 0.2) is 0 Å². The highest BCUT2D eigenvalue weighted by molar-refractivity contribution is 7.98. The van der Waals surface area contributed by atoms with Crippen molar-refractivity contribution in [3.63, 3.8) is 0 Å². The van der Waals surface area contributed by atoms with E-state index in [-0.39, 0.29) is 0 Å². The quantitative estimate of drug-likeness (QED) is 0.614. The van der Waals surface area contributed by atoms with E-state index in [4.69, 9.17) is 0 Å². The Balaban J connectivity index is 3.14. The van der Waals surface area contributed by atoms with Crippen molar-refractivity contribution in [2.75, 3.05) is 18.1 Å². The highest BCUT2D eigenvalue weighted by atomic mass is 32.2. The first-order valence-corrected chi connectivity index (χ1v) is 6.05. The van der Waals surface area contributed by atoms with Crippen LogP contribution in [0.3, 0.4) is 0 Å². The molecule has 78 valence electrons. The van der Waals surface area contributed by atoms with Crippen LogP contribution in [0.2, 0.25) is 0 Å². The summed E-state index contributed by atoms with van der Waals surface area (Å²) in [4.78, 5) is 8.54. The highest BCUT2D eigenvalue weighted by Crippen LogP contribution is 2.29. The minimum absolute atomic E-state index is 0.452. The molecule has 0 radical (unpaired) electrons. The van der Waals surface area contributed by atoms with E-state index in [9.17, 15) is 0 Å². The van der Waals surface area contributed by atoms with Crippen molar-refractivity contribution in [3.8, 4) is 0 Å². The van der Waals surface area contributed by atoms with E-state index in [2.05, 4.69) is 36.1 Å². The Morgan fingerprint density at radius 3 is 2.64 bits per heavy atom. The number of nitrogens with zero attached hydrogens (tertiary/aromatic N) is 2. The Labute approximate surface area is 89.7 Å². The summed E-state index contributed by atoms with van der Waals surface area (Å²) in [6.45, 7) is 7.30. The van der Waals surface area contributed by atoms with Gasteiger partial charge in [0.1, 0.15) is 17.2 Å². The molecule has 0 aliphatic carbocycles. The van der Waals surface area contributed by atoms with Gasteiger partial charge in [0.25, 0.3) is 0 Å². The fourth-order valence-electron chi connectivity index (χ4n) is 1.37. The van der Waals surface area contributed by atoms with E-state index in [1.54, 1.807) is 18.1 Å². The van der Waals surface area contributed by atoms with Crippen LogP contribution in [0.25, 0.3) is 0 Å². The van der Waals surface area contributed by atoms with Gasteiger partial charge < -0.3 is 5.32 Å².